The molecule has 25 heavy (non-hydrogen) atoms. The molecule has 0 aromatic carbocycles. The van der Waals surface area contributed by atoms with Gasteiger partial charge in [0.2, 0.25) is 5.95 Å². The van der Waals surface area contributed by atoms with Crippen molar-refractivity contribution in [2.45, 2.75) is 12.5 Å². The summed E-state index contributed by atoms with van der Waals surface area (Å²) in [5, 5.41) is 5.30. The van der Waals surface area contributed by atoms with E-state index in [9.17, 15) is 0 Å². The first-order valence-electron chi connectivity index (χ1n) is 8.01. The smallest absolute Gasteiger partial charge is 0.226 e. The van der Waals surface area contributed by atoms with E-state index in [0.29, 0.717) is 11.1 Å². The maximum Gasteiger partial charge on any atom is 0.226 e. The van der Waals surface area contributed by atoms with Crippen LogP contribution in [0.2, 0.25) is 5.15 Å². The minimum absolute atomic E-state index is 0.159. The highest BCUT2D eigenvalue weighted by molar-refractivity contribution is 6.29. The normalized spacial score (nSPS) is 17.0. The van der Waals surface area contributed by atoms with Crippen LogP contribution >= 0.6 is 11.6 Å². The van der Waals surface area contributed by atoms with Crippen LogP contribution in [-0.4, -0.2) is 36.1 Å². The zero-order valence-corrected chi connectivity index (χ0v) is 13.9. The van der Waals surface area contributed by atoms with Gasteiger partial charge in [0, 0.05) is 31.1 Å². The van der Waals surface area contributed by atoms with E-state index in [1.165, 1.54) is 0 Å². The lowest BCUT2D eigenvalue weighted by molar-refractivity contribution is 0.602. The number of anilines is 1. The van der Waals surface area contributed by atoms with Gasteiger partial charge in [-0.25, -0.2) is 19.5 Å². The first-order valence-corrected chi connectivity index (χ1v) is 8.39. The molecule has 1 aliphatic rings. The second-order valence-corrected chi connectivity index (χ2v) is 6.30. The number of rotatable bonds is 2. The largest absolute Gasteiger partial charge is 0.348 e. The average Bonchev–Trinajstić information content (AvgIpc) is 3.29. The van der Waals surface area contributed by atoms with Gasteiger partial charge in [0.1, 0.15) is 11.2 Å². The van der Waals surface area contributed by atoms with Crippen molar-refractivity contribution in [3.8, 4) is 0 Å². The summed E-state index contributed by atoms with van der Waals surface area (Å²) in [5.41, 5.74) is 3.89. The first kappa shape index (κ1) is 14.4. The summed E-state index contributed by atoms with van der Waals surface area (Å²) in [4.78, 5) is 18.8. The summed E-state index contributed by atoms with van der Waals surface area (Å²) < 4.78 is 1.74. The van der Waals surface area contributed by atoms with E-state index in [0.717, 1.165) is 35.6 Å². The molecule has 0 aliphatic carbocycles. The number of hydrogen-bond acceptors (Lipinski definition) is 5. The fourth-order valence-corrected chi connectivity index (χ4v) is 3.57. The van der Waals surface area contributed by atoms with Crippen molar-refractivity contribution in [1.82, 2.24) is 29.5 Å². The lowest BCUT2D eigenvalue weighted by atomic mass is 10.0. The van der Waals surface area contributed by atoms with Gasteiger partial charge in [0.25, 0.3) is 0 Å². The summed E-state index contributed by atoms with van der Waals surface area (Å²) in [5.74, 6) is 0.671. The first-order chi connectivity index (χ1) is 12.3. The van der Waals surface area contributed by atoms with Gasteiger partial charge in [-0.1, -0.05) is 17.7 Å². The molecule has 4 aromatic heterocycles. The molecule has 0 amide bonds. The number of hydrogen-bond donors (Lipinski definition) is 1. The third-order valence-electron chi connectivity index (χ3n) is 4.47. The molecular weight excluding hydrogens is 338 g/mol. The highest BCUT2D eigenvalue weighted by Crippen LogP contribution is 2.35. The highest BCUT2D eigenvalue weighted by atomic mass is 35.5. The van der Waals surface area contributed by atoms with Crippen LogP contribution in [0.3, 0.4) is 0 Å². The van der Waals surface area contributed by atoms with Gasteiger partial charge in [-0.05, 0) is 24.3 Å². The molecule has 0 saturated carbocycles. The molecule has 1 atom stereocenters. The van der Waals surface area contributed by atoms with Gasteiger partial charge in [0.05, 0.1) is 23.2 Å². The predicted octanol–water partition coefficient (Wildman–Crippen LogP) is 2.65. The fourth-order valence-electron chi connectivity index (χ4n) is 3.37. The van der Waals surface area contributed by atoms with Crippen molar-refractivity contribution in [1.29, 1.82) is 0 Å². The Balaban J connectivity index is 1.70. The molecular formula is C17H14ClN7. The minimum Gasteiger partial charge on any atom is -0.348 e. The Hall–Kier alpha value is -2.93. The molecule has 5 rings (SSSR count). The number of fused-ring (bicyclic) bond motifs is 2. The fraction of sp³-hybridized carbons (Fsp3) is 0.176. The third kappa shape index (κ3) is 2.27. The molecule has 1 aliphatic heterocycles. The monoisotopic (exact) mass is 351 g/mol. The summed E-state index contributed by atoms with van der Waals surface area (Å²) in [6, 6.07) is 9.42. The van der Waals surface area contributed by atoms with E-state index in [1.54, 1.807) is 23.2 Å². The standard InChI is InChI=1S/C17H14ClN7/c18-14-4-1-3-11-9-13(23-25(11)14)16-15-12(21-10-22-15)5-8-24(16)17-19-6-2-7-20-17/h1-4,6-7,9-10,16H,5,8H2,(H,21,22)/t16-/m0/s1. The summed E-state index contributed by atoms with van der Waals surface area (Å²) in [6.07, 6.45) is 6.09. The van der Waals surface area contributed by atoms with E-state index >= 15 is 0 Å². The predicted molar refractivity (Wildman–Crippen MR) is 93.7 cm³/mol. The summed E-state index contributed by atoms with van der Waals surface area (Å²) in [6.45, 7) is 0.783. The summed E-state index contributed by atoms with van der Waals surface area (Å²) >= 11 is 6.28. The molecule has 0 unspecified atom stereocenters. The van der Waals surface area contributed by atoms with E-state index in [-0.39, 0.29) is 6.04 Å². The van der Waals surface area contributed by atoms with Crippen LogP contribution in [0, 0.1) is 0 Å². The van der Waals surface area contributed by atoms with E-state index in [4.69, 9.17) is 16.7 Å². The van der Waals surface area contributed by atoms with Crippen LogP contribution < -0.4 is 4.90 Å². The number of nitrogens with one attached hydrogen (secondary N) is 1. The second kappa shape index (κ2) is 5.56. The zero-order valence-electron chi connectivity index (χ0n) is 13.2. The average molecular weight is 352 g/mol. The Kier molecular flexibility index (Phi) is 3.21. The molecule has 1 N–H and O–H groups in total. The Morgan fingerprint density at radius 2 is 2.00 bits per heavy atom. The molecule has 4 aromatic rings. The lowest BCUT2D eigenvalue weighted by Gasteiger charge is -2.33. The lowest BCUT2D eigenvalue weighted by Crippen LogP contribution is -2.37. The molecule has 0 fully saturated rings. The maximum absolute atomic E-state index is 6.28. The van der Waals surface area contributed by atoms with Gasteiger partial charge < -0.3 is 9.88 Å². The number of imidazole rings is 1. The molecule has 0 spiro atoms. The molecule has 8 heteroatoms. The van der Waals surface area contributed by atoms with Gasteiger partial charge in [0.15, 0.2) is 0 Å². The second-order valence-electron chi connectivity index (χ2n) is 5.92. The van der Waals surface area contributed by atoms with Crippen LogP contribution in [0.25, 0.3) is 5.52 Å². The number of H-pyrrole nitrogens is 1. The van der Waals surface area contributed by atoms with Crippen LogP contribution in [-0.2, 0) is 6.42 Å². The van der Waals surface area contributed by atoms with Gasteiger partial charge in [-0.15, -0.1) is 0 Å². The molecule has 0 radical (unpaired) electrons. The number of aromatic nitrogens is 6. The zero-order chi connectivity index (χ0) is 16.8. The summed E-state index contributed by atoms with van der Waals surface area (Å²) in [7, 11) is 0. The number of pyridine rings is 1. The molecule has 124 valence electrons. The van der Waals surface area contributed by atoms with Crippen molar-refractivity contribution in [3.05, 3.63) is 71.3 Å². The highest BCUT2D eigenvalue weighted by Gasteiger charge is 2.34. The van der Waals surface area contributed by atoms with Crippen molar-refractivity contribution in [2.24, 2.45) is 0 Å². The molecule has 0 bridgehead atoms. The van der Waals surface area contributed by atoms with E-state index in [2.05, 4.69) is 24.8 Å². The Labute approximate surface area is 148 Å². The Morgan fingerprint density at radius 1 is 1.12 bits per heavy atom. The molecule has 5 heterocycles. The van der Waals surface area contributed by atoms with Crippen LogP contribution in [0.1, 0.15) is 23.1 Å². The van der Waals surface area contributed by atoms with E-state index in [1.807, 2.05) is 30.3 Å². The van der Waals surface area contributed by atoms with Crippen molar-refractivity contribution in [2.75, 3.05) is 11.4 Å². The molecule has 7 nitrogen and oxygen atoms in total. The van der Waals surface area contributed by atoms with Crippen LogP contribution in [0.15, 0.2) is 49.1 Å². The van der Waals surface area contributed by atoms with Crippen molar-refractivity contribution >= 4 is 23.1 Å². The van der Waals surface area contributed by atoms with Gasteiger partial charge >= 0.3 is 0 Å². The molecule has 0 saturated heterocycles. The van der Waals surface area contributed by atoms with Crippen LogP contribution in [0.5, 0.6) is 0 Å². The van der Waals surface area contributed by atoms with Crippen LogP contribution in [0.4, 0.5) is 5.95 Å². The van der Waals surface area contributed by atoms with Gasteiger partial charge in [-0.2, -0.15) is 5.10 Å². The topological polar surface area (TPSA) is 75.0 Å². The quantitative estimate of drug-likeness (QED) is 0.562. The SMILES string of the molecule is Clc1cccc2cc([C@H]3c4nc[nH]c4CCN3c3ncccn3)nn12. The Bertz CT molecular complexity index is 1040. The Morgan fingerprint density at radius 3 is 2.84 bits per heavy atom. The number of aromatic amines is 1. The van der Waals surface area contributed by atoms with Gasteiger partial charge in [-0.3, -0.25) is 0 Å². The third-order valence-corrected chi connectivity index (χ3v) is 4.76. The maximum atomic E-state index is 6.28. The minimum atomic E-state index is -0.159. The van der Waals surface area contributed by atoms with E-state index < -0.39 is 0 Å². The number of halogens is 1. The van der Waals surface area contributed by atoms with Crippen molar-refractivity contribution < 1.29 is 0 Å². The van der Waals surface area contributed by atoms with Crippen molar-refractivity contribution in [3.63, 3.8) is 0 Å². The number of nitrogens with zero attached hydrogens (tertiary/aromatic N) is 6.